The number of ether oxygens (including phenoxy) is 7. The summed E-state index contributed by atoms with van der Waals surface area (Å²) in [6.07, 6.45) is -12.0. The molecule has 1 amide bonds. The minimum atomic E-state index is -1.67. The van der Waals surface area contributed by atoms with Gasteiger partial charge in [-0.25, -0.2) is 14.0 Å². The number of aliphatic hydroxyl groups is 2. The standard InChI is InChI=1S/C42H49FN4O12/c1-22-23(2)37(56-25(4)49)41(57-32(22)18-43)59-38-35(46-47-44)40(58-33(19-48)36(38)50)55-24(3)34(39(51)53-20-26-12-6-5-7-13-26)45-42(52)54-21-31-29-16-10-8-14-27(29)28-15-9-11-17-30(28)31/h5-17,22-24,31-38,40-41,48,50H,18-21H2,1-4H3,(H,45,52)/t22-,23+,24-,32?,33?,34+,35?,36+,37?,38-,40+,41+/m1/s1. The highest BCUT2D eigenvalue weighted by Gasteiger charge is 2.52. The molecule has 0 spiro atoms. The average Bonchev–Trinajstić information content (AvgIpc) is 3.56. The first kappa shape index (κ1) is 43.4. The molecule has 1 aliphatic carbocycles. The molecule has 3 N–H and O–H groups in total. The average molecular weight is 821 g/mol. The van der Waals surface area contributed by atoms with Crippen molar-refractivity contribution in [1.82, 2.24) is 5.32 Å². The summed E-state index contributed by atoms with van der Waals surface area (Å²) in [5.41, 5.74) is 14.3. The van der Waals surface area contributed by atoms with Gasteiger partial charge in [0.15, 0.2) is 24.7 Å². The van der Waals surface area contributed by atoms with Gasteiger partial charge in [0.05, 0.1) is 18.8 Å². The maximum atomic E-state index is 14.1. The van der Waals surface area contributed by atoms with E-state index in [4.69, 9.17) is 33.2 Å². The molecule has 16 nitrogen and oxygen atoms in total. The van der Waals surface area contributed by atoms with E-state index in [-0.39, 0.29) is 19.1 Å². The number of benzene rings is 3. The lowest BCUT2D eigenvalue weighted by molar-refractivity contribution is -0.335. The van der Waals surface area contributed by atoms with E-state index in [0.29, 0.717) is 5.56 Å². The Balaban J connectivity index is 1.22. The molecule has 2 fully saturated rings. The fraction of sp³-hybridized carbons (Fsp3) is 0.500. The molecule has 2 aliphatic heterocycles. The van der Waals surface area contributed by atoms with E-state index in [9.17, 15) is 34.5 Å². The van der Waals surface area contributed by atoms with Gasteiger partial charge in [-0.05, 0) is 46.2 Å². The Bertz CT molecular complexity index is 1920. The Labute approximate surface area is 340 Å². The number of carbonyl (C=O) groups is 3. The number of nitrogens with zero attached hydrogens (tertiary/aromatic N) is 3. The lowest BCUT2D eigenvalue weighted by atomic mass is 9.83. The predicted octanol–water partition coefficient (Wildman–Crippen LogP) is 5.08. The summed E-state index contributed by atoms with van der Waals surface area (Å²) >= 11 is 0. The number of amides is 1. The molecule has 0 radical (unpaired) electrons. The molecular formula is C42H49FN4O12. The second kappa shape index (κ2) is 19.7. The van der Waals surface area contributed by atoms with Crippen molar-refractivity contribution in [1.29, 1.82) is 0 Å². The maximum absolute atomic E-state index is 14.1. The van der Waals surface area contributed by atoms with Crippen molar-refractivity contribution < 1.29 is 62.1 Å². The summed E-state index contributed by atoms with van der Waals surface area (Å²) in [4.78, 5) is 42.3. The SMILES string of the molecule is CC(=O)OC1[C@H](O[C@@H]2C(N=[N+]=[N-])[C@@H](O[C@H](C)[C@H](NC(=O)OCC3c4ccccc4-c4ccccc43)C(=O)OCc3ccccc3)OC(CO)[C@@H]2O)OC(CF)[C@H](C)[C@@H]1C. The zero-order chi connectivity index (χ0) is 42.2. The van der Waals surface area contributed by atoms with Crippen LogP contribution in [-0.2, 0) is 49.4 Å². The molecule has 2 saturated heterocycles. The van der Waals surface area contributed by atoms with Gasteiger partial charge in [0.25, 0.3) is 0 Å². The summed E-state index contributed by atoms with van der Waals surface area (Å²) in [7, 11) is 0. The third-order valence-corrected chi connectivity index (χ3v) is 11.2. The zero-order valence-electron chi connectivity index (χ0n) is 33.0. The highest BCUT2D eigenvalue weighted by atomic mass is 19.1. The molecule has 0 bridgehead atoms. The van der Waals surface area contributed by atoms with Crippen molar-refractivity contribution >= 4 is 18.0 Å². The number of hydrogen-bond acceptors (Lipinski definition) is 13. The van der Waals surface area contributed by atoms with Gasteiger partial charge < -0.3 is 48.7 Å². The number of aliphatic hydroxyl groups excluding tert-OH is 2. The Morgan fingerprint density at radius 1 is 0.898 bits per heavy atom. The number of alkyl halides is 1. The number of azide groups is 1. The normalized spacial score (nSPS) is 28.5. The van der Waals surface area contributed by atoms with Crippen LogP contribution in [0.2, 0.25) is 0 Å². The number of hydrogen-bond donors (Lipinski definition) is 3. The Morgan fingerprint density at radius 3 is 2.14 bits per heavy atom. The number of alkyl carbamates (subject to hydrolysis) is 1. The van der Waals surface area contributed by atoms with Crippen LogP contribution in [0, 0.1) is 11.8 Å². The topological polar surface area (TPSA) is 217 Å². The first-order valence-corrected chi connectivity index (χ1v) is 19.5. The molecular weight excluding hydrogens is 771 g/mol. The van der Waals surface area contributed by atoms with Crippen LogP contribution in [0.15, 0.2) is 84.0 Å². The largest absolute Gasteiger partial charge is 0.459 e. The van der Waals surface area contributed by atoms with E-state index in [1.165, 1.54) is 13.8 Å². The summed E-state index contributed by atoms with van der Waals surface area (Å²) in [6, 6.07) is 21.4. The summed E-state index contributed by atoms with van der Waals surface area (Å²) in [5, 5.41) is 28.0. The summed E-state index contributed by atoms with van der Waals surface area (Å²) in [6.45, 7) is 4.22. The highest BCUT2D eigenvalue weighted by molar-refractivity contribution is 5.82. The van der Waals surface area contributed by atoms with Gasteiger partial charge in [-0.1, -0.05) is 97.8 Å². The van der Waals surface area contributed by atoms with Gasteiger partial charge in [-0.2, -0.15) is 0 Å². The van der Waals surface area contributed by atoms with Crippen molar-refractivity contribution in [3.63, 3.8) is 0 Å². The molecule has 3 aliphatic rings. The van der Waals surface area contributed by atoms with Crippen LogP contribution in [0.1, 0.15) is 50.3 Å². The van der Waals surface area contributed by atoms with Crippen molar-refractivity contribution in [3.05, 3.63) is 106 Å². The van der Waals surface area contributed by atoms with Gasteiger partial charge in [0.1, 0.15) is 44.2 Å². The zero-order valence-corrected chi connectivity index (χ0v) is 33.0. The molecule has 4 unspecified atom stereocenters. The van der Waals surface area contributed by atoms with Crippen LogP contribution in [-0.4, -0.2) is 109 Å². The van der Waals surface area contributed by atoms with Gasteiger partial charge in [0.2, 0.25) is 0 Å². The fourth-order valence-electron chi connectivity index (χ4n) is 7.80. The molecule has 0 saturated carbocycles. The van der Waals surface area contributed by atoms with Gasteiger partial charge in [-0.3, -0.25) is 4.79 Å². The highest BCUT2D eigenvalue weighted by Crippen LogP contribution is 2.44. The number of esters is 2. The van der Waals surface area contributed by atoms with E-state index in [0.717, 1.165) is 22.3 Å². The summed E-state index contributed by atoms with van der Waals surface area (Å²) in [5.74, 6) is -2.72. The van der Waals surface area contributed by atoms with E-state index in [2.05, 4.69) is 15.3 Å². The Kier molecular flexibility index (Phi) is 14.5. The second-order valence-corrected chi connectivity index (χ2v) is 14.9. The van der Waals surface area contributed by atoms with Crippen LogP contribution in [0.5, 0.6) is 0 Å². The van der Waals surface area contributed by atoms with Gasteiger partial charge >= 0.3 is 18.0 Å². The van der Waals surface area contributed by atoms with E-state index >= 15 is 0 Å². The van der Waals surface area contributed by atoms with Crippen molar-refractivity contribution in [3.8, 4) is 11.1 Å². The van der Waals surface area contributed by atoms with E-state index in [1.807, 2.05) is 48.5 Å². The van der Waals surface area contributed by atoms with Gasteiger partial charge in [-0.15, -0.1) is 0 Å². The first-order valence-electron chi connectivity index (χ1n) is 19.5. The van der Waals surface area contributed by atoms with E-state index in [1.54, 1.807) is 44.2 Å². The molecule has 12 atom stereocenters. The molecule has 3 aromatic rings. The minimum absolute atomic E-state index is 0.0567. The fourth-order valence-corrected chi connectivity index (χ4v) is 7.80. The van der Waals surface area contributed by atoms with Crippen molar-refractivity contribution in [2.45, 2.75) is 102 Å². The van der Waals surface area contributed by atoms with Crippen LogP contribution in [0.4, 0.5) is 9.18 Å². The number of rotatable bonds is 15. The third-order valence-electron chi connectivity index (χ3n) is 11.2. The van der Waals surface area contributed by atoms with Crippen LogP contribution >= 0.6 is 0 Å². The smallest absolute Gasteiger partial charge is 0.407 e. The van der Waals surface area contributed by atoms with Gasteiger partial charge in [0, 0.05) is 23.7 Å². The number of halogens is 1. The quantitative estimate of drug-likeness (QED) is 0.0601. The van der Waals surface area contributed by atoms with E-state index < -0.39 is 104 Å². The number of fused-ring (bicyclic) bond motifs is 3. The molecule has 2 heterocycles. The second-order valence-electron chi connectivity index (χ2n) is 14.9. The minimum Gasteiger partial charge on any atom is -0.459 e. The number of nitrogens with one attached hydrogen (secondary N) is 1. The van der Waals surface area contributed by atoms with Crippen molar-refractivity contribution in [2.24, 2.45) is 17.0 Å². The summed E-state index contributed by atoms with van der Waals surface area (Å²) < 4.78 is 55.1. The van der Waals surface area contributed by atoms with Crippen LogP contribution in [0.3, 0.4) is 0 Å². The molecule has 316 valence electrons. The Hall–Kier alpha value is -5.13. The first-order chi connectivity index (χ1) is 28.4. The lowest BCUT2D eigenvalue weighted by Crippen LogP contribution is -2.63. The number of carbonyl (C=O) groups excluding carboxylic acids is 3. The van der Waals surface area contributed by atoms with Crippen molar-refractivity contribution in [2.75, 3.05) is 19.9 Å². The predicted molar refractivity (Wildman–Crippen MR) is 207 cm³/mol. The lowest BCUT2D eigenvalue weighted by Gasteiger charge is -2.48. The third kappa shape index (κ3) is 9.85. The molecule has 3 aromatic carbocycles. The van der Waals surface area contributed by atoms with Crippen LogP contribution < -0.4 is 5.32 Å². The Morgan fingerprint density at radius 2 is 1.53 bits per heavy atom. The molecule has 17 heteroatoms. The molecule has 0 aromatic heterocycles. The van der Waals surface area contributed by atoms with Crippen LogP contribution in [0.25, 0.3) is 21.6 Å². The molecule has 59 heavy (non-hydrogen) atoms. The monoisotopic (exact) mass is 820 g/mol. The molecule has 6 rings (SSSR count). The maximum Gasteiger partial charge on any atom is 0.407 e.